The molecule has 126 valence electrons. The Labute approximate surface area is 142 Å². The first-order valence-electron chi connectivity index (χ1n) is 7.35. The van der Waals surface area contributed by atoms with Crippen molar-refractivity contribution in [3.05, 3.63) is 54.1 Å². The number of rotatable bonds is 5. The Morgan fingerprint density at radius 3 is 2.75 bits per heavy atom. The minimum Gasteiger partial charge on any atom is -0.486 e. The van der Waals surface area contributed by atoms with Crippen LogP contribution < -0.4 is 14.8 Å². The van der Waals surface area contributed by atoms with Crippen LogP contribution >= 0.6 is 11.8 Å². The zero-order chi connectivity index (χ0) is 16.9. The summed E-state index contributed by atoms with van der Waals surface area (Å²) in [5.41, 5.74) is 0. The number of nitrogens with one attached hydrogen (secondary N) is 1. The quantitative estimate of drug-likeness (QED) is 0.842. The summed E-state index contributed by atoms with van der Waals surface area (Å²) in [5, 5.41) is 2.75. The first-order chi connectivity index (χ1) is 11.6. The zero-order valence-electron chi connectivity index (χ0n) is 12.6. The fourth-order valence-electron chi connectivity index (χ4n) is 2.16. The predicted molar refractivity (Wildman–Crippen MR) is 86.4 cm³/mol. The monoisotopic (exact) mass is 351 g/mol. The van der Waals surface area contributed by atoms with E-state index in [9.17, 15) is 13.6 Å². The SMILES string of the molecule is O=C(CSc1ccc(F)c(F)c1)NC[C@@H]1COc2ccccc2O1. The molecule has 2 aromatic carbocycles. The molecule has 1 aliphatic heterocycles. The van der Waals surface area contributed by atoms with E-state index >= 15 is 0 Å². The zero-order valence-corrected chi connectivity index (χ0v) is 13.4. The van der Waals surface area contributed by atoms with Crippen LogP contribution in [0.5, 0.6) is 11.5 Å². The van der Waals surface area contributed by atoms with Crippen molar-refractivity contribution in [2.45, 2.75) is 11.0 Å². The van der Waals surface area contributed by atoms with Crippen LogP contribution in [0.2, 0.25) is 0 Å². The largest absolute Gasteiger partial charge is 0.486 e. The van der Waals surface area contributed by atoms with Gasteiger partial charge in [-0.15, -0.1) is 11.8 Å². The van der Waals surface area contributed by atoms with Crippen molar-refractivity contribution in [1.29, 1.82) is 0 Å². The lowest BCUT2D eigenvalue weighted by atomic mass is 10.2. The molecule has 4 nitrogen and oxygen atoms in total. The molecule has 2 aromatic rings. The van der Waals surface area contributed by atoms with Gasteiger partial charge in [-0.1, -0.05) is 12.1 Å². The van der Waals surface area contributed by atoms with Gasteiger partial charge in [-0.25, -0.2) is 8.78 Å². The van der Waals surface area contributed by atoms with Gasteiger partial charge in [0.2, 0.25) is 5.91 Å². The van der Waals surface area contributed by atoms with Crippen LogP contribution in [-0.4, -0.2) is 30.9 Å². The van der Waals surface area contributed by atoms with Crippen molar-refractivity contribution in [3.8, 4) is 11.5 Å². The van der Waals surface area contributed by atoms with Crippen molar-refractivity contribution >= 4 is 17.7 Å². The first-order valence-corrected chi connectivity index (χ1v) is 8.33. The molecule has 24 heavy (non-hydrogen) atoms. The molecule has 0 unspecified atom stereocenters. The van der Waals surface area contributed by atoms with Crippen molar-refractivity contribution in [3.63, 3.8) is 0 Å². The van der Waals surface area contributed by atoms with Gasteiger partial charge in [-0.05, 0) is 30.3 Å². The molecule has 7 heteroatoms. The summed E-state index contributed by atoms with van der Waals surface area (Å²) in [7, 11) is 0. The highest BCUT2D eigenvalue weighted by atomic mass is 32.2. The Balaban J connectivity index is 1.44. The lowest BCUT2D eigenvalue weighted by Crippen LogP contribution is -2.41. The average molecular weight is 351 g/mol. The number of thioether (sulfide) groups is 1. The molecule has 1 aliphatic rings. The number of fused-ring (bicyclic) bond motifs is 1. The Hall–Kier alpha value is -2.28. The second-order valence-electron chi connectivity index (χ2n) is 5.17. The van der Waals surface area contributed by atoms with Crippen LogP contribution in [0.15, 0.2) is 47.4 Å². The smallest absolute Gasteiger partial charge is 0.230 e. The lowest BCUT2D eigenvalue weighted by molar-refractivity contribution is -0.119. The van der Waals surface area contributed by atoms with Crippen LogP contribution in [0.1, 0.15) is 0 Å². The molecular weight excluding hydrogens is 336 g/mol. The third-order valence-corrected chi connectivity index (χ3v) is 4.35. The second kappa shape index (κ2) is 7.53. The maximum Gasteiger partial charge on any atom is 0.230 e. The van der Waals surface area contributed by atoms with Gasteiger partial charge in [0, 0.05) is 4.90 Å². The van der Waals surface area contributed by atoms with E-state index < -0.39 is 11.6 Å². The van der Waals surface area contributed by atoms with Crippen LogP contribution in [0.3, 0.4) is 0 Å². The number of hydrogen-bond acceptors (Lipinski definition) is 4. The molecular formula is C17H15F2NO3S. The van der Waals surface area contributed by atoms with Crippen molar-refractivity contribution < 1.29 is 23.0 Å². The normalized spacial score (nSPS) is 15.8. The molecule has 1 atom stereocenters. The summed E-state index contributed by atoms with van der Waals surface area (Å²) in [5.74, 6) is -0.597. The summed E-state index contributed by atoms with van der Waals surface area (Å²) in [4.78, 5) is 12.4. The Bertz CT molecular complexity index is 742. The molecule has 0 radical (unpaired) electrons. The van der Waals surface area contributed by atoms with Gasteiger partial charge in [-0.3, -0.25) is 4.79 Å². The predicted octanol–water partition coefficient (Wildman–Crippen LogP) is 3.01. The summed E-state index contributed by atoms with van der Waals surface area (Å²) in [6.07, 6.45) is -0.267. The van der Waals surface area contributed by atoms with Crippen LogP contribution in [-0.2, 0) is 4.79 Å². The fourth-order valence-corrected chi connectivity index (χ4v) is 2.91. The van der Waals surface area contributed by atoms with Crippen LogP contribution in [0.4, 0.5) is 8.78 Å². The number of benzene rings is 2. The molecule has 0 saturated carbocycles. The first kappa shape index (κ1) is 16.6. The number of carbonyl (C=O) groups is 1. The van der Waals surface area contributed by atoms with E-state index in [1.165, 1.54) is 6.07 Å². The van der Waals surface area contributed by atoms with E-state index in [2.05, 4.69) is 5.32 Å². The maximum atomic E-state index is 13.1. The molecule has 0 aliphatic carbocycles. The maximum absolute atomic E-state index is 13.1. The highest BCUT2D eigenvalue weighted by Gasteiger charge is 2.21. The molecule has 3 rings (SSSR count). The average Bonchev–Trinajstić information content (AvgIpc) is 2.60. The van der Waals surface area contributed by atoms with Crippen LogP contribution in [0.25, 0.3) is 0 Å². The number of ether oxygens (including phenoxy) is 2. The molecule has 0 bridgehead atoms. The van der Waals surface area contributed by atoms with E-state index in [-0.39, 0.29) is 17.8 Å². The van der Waals surface area contributed by atoms with Crippen molar-refractivity contribution in [2.75, 3.05) is 18.9 Å². The van der Waals surface area contributed by atoms with Gasteiger partial charge in [-0.2, -0.15) is 0 Å². The van der Waals surface area contributed by atoms with Gasteiger partial charge >= 0.3 is 0 Å². The Kier molecular flexibility index (Phi) is 5.20. The molecule has 0 fully saturated rings. The van der Waals surface area contributed by atoms with E-state index in [1.54, 1.807) is 0 Å². The second-order valence-corrected chi connectivity index (χ2v) is 6.22. The minimum absolute atomic E-state index is 0.106. The topological polar surface area (TPSA) is 47.6 Å². The summed E-state index contributed by atoms with van der Waals surface area (Å²) in [6.45, 7) is 0.666. The fraction of sp³-hybridized carbons (Fsp3) is 0.235. The number of halogens is 2. The van der Waals surface area contributed by atoms with Crippen molar-refractivity contribution in [2.24, 2.45) is 0 Å². The van der Waals surface area contributed by atoms with E-state index in [4.69, 9.17) is 9.47 Å². The minimum atomic E-state index is -0.924. The van der Waals surface area contributed by atoms with Gasteiger partial charge in [0.15, 0.2) is 23.1 Å². The molecule has 1 amide bonds. The van der Waals surface area contributed by atoms with Crippen LogP contribution in [0, 0.1) is 11.6 Å². The number of hydrogen-bond donors (Lipinski definition) is 1. The molecule has 0 aromatic heterocycles. The van der Waals surface area contributed by atoms with Gasteiger partial charge in [0.05, 0.1) is 12.3 Å². The molecule has 1 heterocycles. The van der Waals surface area contributed by atoms with Gasteiger partial charge < -0.3 is 14.8 Å². The van der Waals surface area contributed by atoms with Gasteiger partial charge in [0.1, 0.15) is 12.7 Å². The number of para-hydroxylation sites is 2. The Morgan fingerprint density at radius 1 is 1.17 bits per heavy atom. The van der Waals surface area contributed by atoms with Crippen molar-refractivity contribution in [1.82, 2.24) is 5.32 Å². The molecule has 1 N–H and O–H groups in total. The standard InChI is InChI=1S/C17H15F2NO3S/c18-13-6-5-12(7-14(13)19)24-10-17(21)20-8-11-9-22-15-3-1-2-4-16(15)23-11/h1-7,11H,8-10H2,(H,20,21)/t11-/m1/s1. The Morgan fingerprint density at radius 2 is 1.96 bits per heavy atom. The molecule has 0 spiro atoms. The van der Waals surface area contributed by atoms with Gasteiger partial charge in [0.25, 0.3) is 0 Å². The van der Waals surface area contributed by atoms with E-state index in [0.29, 0.717) is 29.5 Å². The molecule has 0 saturated heterocycles. The highest BCUT2D eigenvalue weighted by Crippen LogP contribution is 2.30. The summed E-state index contributed by atoms with van der Waals surface area (Å²) < 4.78 is 37.2. The summed E-state index contributed by atoms with van der Waals surface area (Å²) in [6, 6.07) is 10.9. The third-order valence-electron chi connectivity index (χ3n) is 3.36. The van der Waals surface area contributed by atoms with E-state index in [1.807, 2.05) is 24.3 Å². The highest BCUT2D eigenvalue weighted by molar-refractivity contribution is 8.00. The lowest BCUT2D eigenvalue weighted by Gasteiger charge is -2.26. The number of amides is 1. The number of carbonyl (C=O) groups excluding carboxylic acids is 1. The third kappa shape index (κ3) is 4.17. The van der Waals surface area contributed by atoms with E-state index in [0.717, 1.165) is 23.9 Å². The summed E-state index contributed by atoms with van der Waals surface area (Å²) >= 11 is 1.14.